The second-order valence-electron chi connectivity index (χ2n) is 5.46. The Hall–Kier alpha value is -0.540. The van der Waals surface area contributed by atoms with Gasteiger partial charge in [-0.3, -0.25) is 0 Å². The minimum atomic E-state index is 0.603. The molecule has 1 unspecified atom stereocenters. The van der Waals surface area contributed by atoms with Crippen molar-refractivity contribution in [3.05, 3.63) is 28.2 Å². The first-order valence-corrected chi connectivity index (χ1v) is 8.14. The third-order valence-corrected chi connectivity index (χ3v) is 4.45. The van der Waals surface area contributed by atoms with Crippen molar-refractivity contribution >= 4 is 15.9 Å². The van der Waals surface area contributed by atoms with Gasteiger partial charge in [0.15, 0.2) is 0 Å². The van der Waals surface area contributed by atoms with Crippen LogP contribution in [-0.4, -0.2) is 12.6 Å². The van der Waals surface area contributed by atoms with Crippen LogP contribution in [0.2, 0.25) is 0 Å². The fraction of sp³-hybridized carbons (Fsp3) is 0.625. The number of benzene rings is 1. The van der Waals surface area contributed by atoms with Crippen molar-refractivity contribution in [3.63, 3.8) is 0 Å². The van der Waals surface area contributed by atoms with E-state index in [9.17, 15) is 0 Å². The highest BCUT2D eigenvalue weighted by atomic mass is 79.9. The van der Waals surface area contributed by atoms with Crippen molar-refractivity contribution in [2.24, 2.45) is 5.92 Å². The molecular formula is C16H24BrNO. The van der Waals surface area contributed by atoms with Crippen molar-refractivity contribution in [1.82, 2.24) is 5.32 Å². The van der Waals surface area contributed by atoms with Crippen LogP contribution in [0.1, 0.15) is 45.1 Å². The summed E-state index contributed by atoms with van der Waals surface area (Å²) in [6, 6.07) is 6.87. The summed E-state index contributed by atoms with van der Waals surface area (Å²) in [5, 5.41) is 3.64. The van der Waals surface area contributed by atoms with Crippen molar-refractivity contribution in [1.29, 1.82) is 0 Å². The summed E-state index contributed by atoms with van der Waals surface area (Å²) in [6.45, 7) is 6.10. The number of rotatable bonds is 7. The van der Waals surface area contributed by atoms with E-state index in [-0.39, 0.29) is 0 Å². The van der Waals surface area contributed by atoms with Gasteiger partial charge < -0.3 is 10.1 Å². The molecule has 0 aliphatic heterocycles. The first-order valence-electron chi connectivity index (χ1n) is 7.35. The SMILES string of the molecule is CCCOc1ccc(Br)cc1CNC(C)C1CCC1. The molecule has 1 saturated carbocycles. The van der Waals surface area contributed by atoms with Gasteiger partial charge in [-0.2, -0.15) is 0 Å². The zero-order valence-corrected chi connectivity index (χ0v) is 13.5. The van der Waals surface area contributed by atoms with Gasteiger partial charge in [0.05, 0.1) is 6.61 Å². The van der Waals surface area contributed by atoms with Gasteiger partial charge >= 0.3 is 0 Å². The second-order valence-corrected chi connectivity index (χ2v) is 6.38. The van der Waals surface area contributed by atoms with Crippen molar-refractivity contribution in [3.8, 4) is 5.75 Å². The smallest absolute Gasteiger partial charge is 0.123 e. The second kappa shape index (κ2) is 7.30. The molecule has 0 saturated heterocycles. The summed E-state index contributed by atoms with van der Waals surface area (Å²) in [5.41, 5.74) is 1.24. The molecule has 19 heavy (non-hydrogen) atoms. The number of hydrogen-bond donors (Lipinski definition) is 1. The van der Waals surface area contributed by atoms with Crippen molar-refractivity contribution < 1.29 is 4.74 Å². The molecule has 3 heteroatoms. The molecule has 1 fully saturated rings. The van der Waals surface area contributed by atoms with Gasteiger partial charge in [0.25, 0.3) is 0 Å². The maximum Gasteiger partial charge on any atom is 0.123 e. The Bertz CT molecular complexity index is 404. The van der Waals surface area contributed by atoms with Gasteiger partial charge in [-0.05, 0) is 50.3 Å². The zero-order valence-electron chi connectivity index (χ0n) is 11.9. The molecule has 0 radical (unpaired) electrons. The zero-order chi connectivity index (χ0) is 13.7. The summed E-state index contributed by atoms with van der Waals surface area (Å²) in [7, 11) is 0. The monoisotopic (exact) mass is 325 g/mol. The van der Waals surface area contributed by atoms with Gasteiger partial charge in [0.2, 0.25) is 0 Å². The molecule has 0 aromatic heterocycles. The number of hydrogen-bond acceptors (Lipinski definition) is 2. The lowest BCUT2D eigenvalue weighted by atomic mass is 9.80. The molecule has 1 aromatic rings. The largest absolute Gasteiger partial charge is 0.493 e. The summed E-state index contributed by atoms with van der Waals surface area (Å²) in [6.07, 6.45) is 5.21. The Morgan fingerprint density at radius 2 is 2.21 bits per heavy atom. The maximum absolute atomic E-state index is 5.81. The Balaban J connectivity index is 1.94. The lowest BCUT2D eigenvalue weighted by Crippen LogP contribution is -2.36. The van der Waals surface area contributed by atoms with Crippen LogP contribution in [0.15, 0.2) is 22.7 Å². The Labute approximate surface area is 125 Å². The molecular weight excluding hydrogens is 302 g/mol. The summed E-state index contributed by atoms with van der Waals surface area (Å²) in [5.74, 6) is 1.88. The first kappa shape index (κ1) is 14.9. The highest BCUT2D eigenvalue weighted by Gasteiger charge is 2.23. The van der Waals surface area contributed by atoms with E-state index in [1.165, 1.54) is 24.8 Å². The van der Waals surface area contributed by atoms with Gasteiger partial charge in [-0.1, -0.05) is 29.3 Å². The summed E-state index contributed by atoms with van der Waals surface area (Å²) < 4.78 is 6.93. The lowest BCUT2D eigenvalue weighted by molar-refractivity contribution is 0.238. The van der Waals surface area contributed by atoms with E-state index in [4.69, 9.17) is 4.74 Å². The minimum absolute atomic E-state index is 0.603. The molecule has 2 rings (SSSR count). The molecule has 2 nitrogen and oxygen atoms in total. The molecule has 1 N–H and O–H groups in total. The van der Waals surface area contributed by atoms with Crippen LogP contribution in [-0.2, 0) is 6.54 Å². The standard InChI is InChI=1S/C16H24BrNO/c1-3-9-19-16-8-7-15(17)10-14(16)11-18-12(2)13-5-4-6-13/h7-8,10,12-13,18H,3-6,9,11H2,1-2H3. The van der Waals surface area contributed by atoms with Crippen molar-refractivity contribution in [2.75, 3.05) is 6.61 Å². The van der Waals surface area contributed by atoms with Gasteiger partial charge in [-0.15, -0.1) is 0 Å². The molecule has 0 spiro atoms. The molecule has 1 aliphatic rings. The van der Waals surface area contributed by atoms with E-state index < -0.39 is 0 Å². The highest BCUT2D eigenvalue weighted by Crippen LogP contribution is 2.30. The van der Waals surface area contributed by atoms with E-state index in [0.717, 1.165) is 35.7 Å². The van der Waals surface area contributed by atoms with Crippen LogP contribution < -0.4 is 10.1 Å². The Morgan fingerprint density at radius 1 is 1.42 bits per heavy atom. The highest BCUT2D eigenvalue weighted by molar-refractivity contribution is 9.10. The molecule has 0 bridgehead atoms. The van der Waals surface area contributed by atoms with Crippen LogP contribution >= 0.6 is 15.9 Å². The molecule has 1 atom stereocenters. The predicted octanol–water partition coefficient (Wildman–Crippen LogP) is 4.52. The molecule has 0 heterocycles. The van der Waals surface area contributed by atoms with Crippen LogP contribution in [0.5, 0.6) is 5.75 Å². The number of halogens is 1. The number of nitrogens with one attached hydrogen (secondary N) is 1. The molecule has 0 amide bonds. The maximum atomic E-state index is 5.81. The minimum Gasteiger partial charge on any atom is -0.493 e. The van der Waals surface area contributed by atoms with E-state index in [2.05, 4.69) is 47.2 Å². The normalized spacial score (nSPS) is 17.0. The predicted molar refractivity (Wildman–Crippen MR) is 83.6 cm³/mol. The molecule has 1 aromatic carbocycles. The van der Waals surface area contributed by atoms with Crippen molar-refractivity contribution in [2.45, 2.75) is 52.1 Å². The lowest BCUT2D eigenvalue weighted by Gasteiger charge is -2.32. The molecule has 106 valence electrons. The topological polar surface area (TPSA) is 21.3 Å². The van der Waals surface area contributed by atoms with E-state index in [0.29, 0.717) is 6.04 Å². The first-order chi connectivity index (χ1) is 9.20. The van der Waals surface area contributed by atoms with Gasteiger partial charge in [0.1, 0.15) is 5.75 Å². The van der Waals surface area contributed by atoms with Gasteiger partial charge in [-0.25, -0.2) is 0 Å². The average molecular weight is 326 g/mol. The Morgan fingerprint density at radius 3 is 2.84 bits per heavy atom. The quantitative estimate of drug-likeness (QED) is 0.796. The van der Waals surface area contributed by atoms with E-state index in [1.807, 2.05) is 6.07 Å². The van der Waals surface area contributed by atoms with Gasteiger partial charge in [0, 0.05) is 22.6 Å². The fourth-order valence-corrected chi connectivity index (χ4v) is 2.82. The van der Waals surface area contributed by atoms with Crippen LogP contribution in [0.25, 0.3) is 0 Å². The van der Waals surface area contributed by atoms with Crippen LogP contribution in [0.3, 0.4) is 0 Å². The summed E-state index contributed by atoms with van der Waals surface area (Å²) in [4.78, 5) is 0. The summed E-state index contributed by atoms with van der Waals surface area (Å²) >= 11 is 3.54. The van der Waals surface area contributed by atoms with Crippen LogP contribution in [0.4, 0.5) is 0 Å². The molecule has 1 aliphatic carbocycles. The average Bonchev–Trinajstić information content (AvgIpc) is 2.33. The third kappa shape index (κ3) is 4.22. The van der Waals surface area contributed by atoms with E-state index in [1.54, 1.807) is 0 Å². The Kier molecular flexibility index (Phi) is 5.71. The number of ether oxygens (including phenoxy) is 1. The third-order valence-electron chi connectivity index (χ3n) is 3.96. The van der Waals surface area contributed by atoms with Crippen LogP contribution in [0, 0.1) is 5.92 Å². The van der Waals surface area contributed by atoms with E-state index >= 15 is 0 Å². The fourth-order valence-electron chi connectivity index (χ4n) is 2.42.